The number of amides is 1. The minimum absolute atomic E-state index is 0.215. The number of nitrogens with zero attached hydrogens (tertiary/aromatic N) is 2. The summed E-state index contributed by atoms with van der Waals surface area (Å²) in [6.45, 7) is 4.80. The Morgan fingerprint density at radius 3 is 2.39 bits per heavy atom. The normalized spacial score (nSPS) is 10.4. The van der Waals surface area contributed by atoms with E-state index in [0.29, 0.717) is 47.3 Å². The average Bonchev–Trinajstić information content (AvgIpc) is 3.17. The third-order valence-electron chi connectivity index (χ3n) is 3.89. The molecule has 0 saturated carbocycles. The standard InChI is InChI=1S/C20H21N3O5/c1-4-26-16-11-8-14(12-17(16)27-5-2)18-19(23-28-22-18)21-20(24)13-6-9-15(25-3)10-7-13/h6-12H,4-5H2,1-3H3,(H,21,23,24). The monoisotopic (exact) mass is 383 g/mol. The number of hydrogen-bond donors (Lipinski definition) is 1. The van der Waals surface area contributed by atoms with Crippen molar-refractivity contribution in [1.82, 2.24) is 10.3 Å². The Morgan fingerprint density at radius 2 is 1.71 bits per heavy atom. The maximum atomic E-state index is 12.5. The molecule has 0 aliphatic heterocycles. The Labute approximate surface area is 162 Å². The zero-order valence-corrected chi connectivity index (χ0v) is 15.9. The summed E-state index contributed by atoms with van der Waals surface area (Å²) >= 11 is 0. The number of anilines is 1. The van der Waals surface area contributed by atoms with Crippen LogP contribution < -0.4 is 19.5 Å². The van der Waals surface area contributed by atoms with Gasteiger partial charge in [-0.3, -0.25) is 4.79 Å². The highest BCUT2D eigenvalue weighted by atomic mass is 16.6. The summed E-state index contributed by atoms with van der Waals surface area (Å²) in [5.41, 5.74) is 1.53. The second-order valence-electron chi connectivity index (χ2n) is 5.67. The van der Waals surface area contributed by atoms with Crippen LogP contribution in [0.3, 0.4) is 0 Å². The molecule has 8 nitrogen and oxygen atoms in total. The molecule has 0 aliphatic rings. The van der Waals surface area contributed by atoms with Crippen molar-refractivity contribution in [3.05, 3.63) is 48.0 Å². The highest BCUT2D eigenvalue weighted by Crippen LogP contribution is 2.34. The number of carbonyl (C=O) groups is 1. The molecule has 0 unspecified atom stereocenters. The number of rotatable bonds is 8. The molecule has 3 rings (SSSR count). The van der Waals surface area contributed by atoms with Crippen LogP contribution in [0.4, 0.5) is 5.82 Å². The van der Waals surface area contributed by atoms with Crippen molar-refractivity contribution in [3.8, 4) is 28.5 Å². The van der Waals surface area contributed by atoms with E-state index in [4.69, 9.17) is 18.8 Å². The lowest BCUT2D eigenvalue weighted by Crippen LogP contribution is -2.12. The van der Waals surface area contributed by atoms with Crippen LogP contribution in [0.1, 0.15) is 24.2 Å². The van der Waals surface area contributed by atoms with Crippen LogP contribution in [-0.2, 0) is 0 Å². The van der Waals surface area contributed by atoms with Crippen molar-refractivity contribution in [2.24, 2.45) is 0 Å². The molecule has 1 aromatic heterocycles. The van der Waals surface area contributed by atoms with E-state index < -0.39 is 0 Å². The van der Waals surface area contributed by atoms with E-state index in [0.717, 1.165) is 0 Å². The molecule has 0 spiro atoms. The number of methoxy groups -OCH3 is 1. The fourth-order valence-corrected chi connectivity index (χ4v) is 2.58. The quantitative estimate of drug-likeness (QED) is 0.632. The summed E-state index contributed by atoms with van der Waals surface area (Å²) in [5.74, 6) is 1.76. The first-order valence-electron chi connectivity index (χ1n) is 8.84. The van der Waals surface area contributed by atoms with Gasteiger partial charge in [0.05, 0.1) is 20.3 Å². The van der Waals surface area contributed by atoms with Crippen LogP contribution in [0.5, 0.6) is 17.2 Å². The first-order chi connectivity index (χ1) is 13.7. The van der Waals surface area contributed by atoms with Crippen molar-refractivity contribution in [1.29, 1.82) is 0 Å². The Hall–Kier alpha value is -3.55. The minimum Gasteiger partial charge on any atom is -0.497 e. The maximum absolute atomic E-state index is 12.5. The predicted molar refractivity (Wildman–Crippen MR) is 103 cm³/mol. The largest absolute Gasteiger partial charge is 0.497 e. The van der Waals surface area contributed by atoms with Gasteiger partial charge in [-0.1, -0.05) is 0 Å². The number of nitrogens with one attached hydrogen (secondary N) is 1. The van der Waals surface area contributed by atoms with Gasteiger partial charge in [0.15, 0.2) is 17.2 Å². The highest BCUT2D eigenvalue weighted by molar-refractivity contribution is 6.05. The third kappa shape index (κ3) is 4.22. The fourth-order valence-electron chi connectivity index (χ4n) is 2.58. The average molecular weight is 383 g/mol. The molecule has 0 aliphatic carbocycles. The van der Waals surface area contributed by atoms with Gasteiger partial charge < -0.3 is 19.5 Å². The first kappa shape index (κ1) is 19.2. The zero-order valence-electron chi connectivity index (χ0n) is 15.9. The summed E-state index contributed by atoms with van der Waals surface area (Å²) in [5, 5.41) is 10.4. The second-order valence-corrected chi connectivity index (χ2v) is 5.67. The van der Waals surface area contributed by atoms with E-state index in [1.54, 1.807) is 49.6 Å². The van der Waals surface area contributed by atoms with E-state index >= 15 is 0 Å². The summed E-state index contributed by atoms with van der Waals surface area (Å²) in [4.78, 5) is 12.5. The van der Waals surface area contributed by atoms with Crippen molar-refractivity contribution in [2.45, 2.75) is 13.8 Å². The molecule has 0 atom stereocenters. The van der Waals surface area contributed by atoms with E-state index in [1.165, 1.54) is 0 Å². The van der Waals surface area contributed by atoms with Crippen LogP contribution in [0.2, 0.25) is 0 Å². The molecular weight excluding hydrogens is 362 g/mol. The molecule has 1 heterocycles. The Morgan fingerprint density at radius 1 is 1.00 bits per heavy atom. The molecule has 2 aromatic carbocycles. The molecule has 1 N–H and O–H groups in total. The number of benzene rings is 2. The van der Waals surface area contributed by atoms with Gasteiger partial charge in [-0.25, -0.2) is 4.63 Å². The molecule has 146 valence electrons. The SMILES string of the molecule is CCOc1ccc(-c2nonc2NC(=O)c2ccc(OC)cc2)cc1OCC. The van der Waals surface area contributed by atoms with Gasteiger partial charge >= 0.3 is 0 Å². The molecule has 0 saturated heterocycles. The Kier molecular flexibility index (Phi) is 6.11. The van der Waals surface area contributed by atoms with Gasteiger partial charge in [0.2, 0.25) is 5.82 Å². The molecular formula is C20H21N3O5. The number of aromatic nitrogens is 2. The smallest absolute Gasteiger partial charge is 0.256 e. The lowest BCUT2D eigenvalue weighted by Gasteiger charge is -2.12. The molecule has 28 heavy (non-hydrogen) atoms. The van der Waals surface area contributed by atoms with Gasteiger partial charge in [-0.15, -0.1) is 0 Å². The molecule has 1 amide bonds. The van der Waals surface area contributed by atoms with E-state index in [2.05, 4.69) is 15.6 Å². The number of carbonyl (C=O) groups excluding carboxylic acids is 1. The van der Waals surface area contributed by atoms with E-state index in [-0.39, 0.29) is 11.7 Å². The third-order valence-corrected chi connectivity index (χ3v) is 3.89. The molecule has 0 bridgehead atoms. The zero-order chi connectivity index (χ0) is 19.9. The van der Waals surface area contributed by atoms with Crippen LogP contribution >= 0.6 is 0 Å². The van der Waals surface area contributed by atoms with Crippen molar-refractivity contribution < 1.29 is 23.6 Å². The van der Waals surface area contributed by atoms with Crippen molar-refractivity contribution in [3.63, 3.8) is 0 Å². The van der Waals surface area contributed by atoms with Gasteiger partial charge in [0, 0.05) is 11.1 Å². The first-order valence-corrected chi connectivity index (χ1v) is 8.84. The second kappa shape index (κ2) is 8.90. The van der Waals surface area contributed by atoms with Gasteiger partial charge in [0.1, 0.15) is 5.75 Å². The molecule has 0 radical (unpaired) electrons. The summed E-state index contributed by atoms with van der Waals surface area (Å²) < 4.78 is 21.1. The number of hydrogen-bond acceptors (Lipinski definition) is 7. The fraction of sp³-hybridized carbons (Fsp3) is 0.250. The summed E-state index contributed by atoms with van der Waals surface area (Å²) in [6.07, 6.45) is 0. The molecule has 0 fully saturated rings. The summed E-state index contributed by atoms with van der Waals surface area (Å²) in [7, 11) is 1.57. The lowest BCUT2D eigenvalue weighted by molar-refractivity contribution is 0.102. The van der Waals surface area contributed by atoms with Crippen LogP contribution in [0, 0.1) is 0 Å². The lowest BCUT2D eigenvalue weighted by atomic mass is 10.1. The minimum atomic E-state index is -0.337. The molecule has 3 aromatic rings. The summed E-state index contributed by atoms with van der Waals surface area (Å²) in [6, 6.07) is 12.1. The van der Waals surface area contributed by atoms with Gasteiger partial charge in [-0.2, -0.15) is 0 Å². The maximum Gasteiger partial charge on any atom is 0.256 e. The van der Waals surface area contributed by atoms with Gasteiger partial charge in [-0.05, 0) is 66.6 Å². The Balaban J connectivity index is 1.84. The topological polar surface area (TPSA) is 95.7 Å². The molecule has 8 heteroatoms. The highest BCUT2D eigenvalue weighted by Gasteiger charge is 2.18. The number of ether oxygens (including phenoxy) is 3. The van der Waals surface area contributed by atoms with E-state index in [1.807, 2.05) is 13.8 Å². The van der Waals surface area contributed by atoms with Gasteiger partial charge in [0.25, 0.3) is 5.91 Å². The van der Waals surface area contributed by atoms with Crippen LogP contribution in [-0.4, -0.2) is 36.5 Å². The van der Waals surface area contributed by atoms with Crippen molar-refractivity contribution >= 4 is 11.7 Å². The predicted octanol–water partition coefficient (Wildman–Crippen LogP) is 3.79. The van der Waals surface area contributed by atoms with Crippen LogP contribution in [0.15, 0.2) is 47.1 Å². The Bertz CT molecular complexity index is 937. The van der Waals surface area contributed by atoms with E-state index in [9.17, 15) is 4.79 Å². The van der Waals surface area contributed by atoms with Crippen LogP contribution in [0.25, 0.3) is 11.3 Å². The van der Waals surface area contributed by atoms with Crippen molar-refractivity contribution in [2.75, 3.05) is 25.6 Å².